The van der Waals surface area contributed by atoms with E-state index in [1.807, 2.05) is 57.2 Å². The van der Waals surface area contributed by atoms with Gasteiger partial charge in [0.05, 0.1) is 25.5 Å². The van der Waals surface area contributed by atoms with E-state index >= 15 is 0 Å². The van der Waals surface area contributed by atoms with Gasteiger partial charge in [0, 0.05) is 29.9 Å². The van der Waals surface area contributed by atoms with Crippen molar-refractivity contribution in [2.45, 2.75) is 52.2 Å². The Balaban J connectivity index is 1.69. The molecule has 1 N–H and O–H groups in total. The van der Waals surface area contributed by atoms with E-state index in [1.165, 1.54) is 0 Å². The average molecular weight is 490 g/mol. The summed E-state index contributed by atoms with van der Waals surface area (Å²) in [7, 11) is 1.64. The van der Waals surface area contributed by atoms with Crippen LogP contribution in [0.3, 0.4) is 0 Å². The average Bonchev–Trinajstić information content (AvgIpc) is 3.23. The SMILES string of the molecule is COc1cc(C2CN3C(=O)CN(CC(C)C)C(=O)[C@]3(C)c3[nH]c4ccccc4c32)ccc1OC(C)C. The lowest BCUT2D eigenvalue weighted by Crippen LogP contribution is -2.67. The highest BCUT2D eigenvalue weighted by Gasteiger charge is 2.56. The summed E-state index contributed by atoms with van der Waals surface area (Å²) in [6, 6.07) is 14.1. The number of piperazine rings is 1. The Bertz CT molecular complexity index is 1330. The van der Waals surface area contributed by atoms with Gasteiger partial charge in [0.25, 0.3) is 5.91 Å². The van der Waals surface area contributed by atoms with Crippen molar-refractivity contribution in [3.05, 3.63) is 59.3 Å². The molecule has 1 aromatic heterocycles. The molecule has 0 bridgehead atoms. The molecule has 36 heavy (non-hydrogen) atoms. The van der Waals surface area contributed by atoms with Gasteiger partial charge in [0.15, 0.2) is 17.0 Å². The van der Waals surface area contributed by atoms with E-state index in [1.54, 1.807) is 16.9 Å². The van der Waals surface area contributed by atoms with Gasteiger partial charge in [-0.05, 0) is 56.0 Å². The number of methoxy groups -OCH3 is 1. The van der Waals surface area contributed by atoms with Crippen LogP contribution in [0.15, 0.2) is 42.5 Å². The van der Waals surface area contributed by atoms with Crippen LogP contribution in [0.2, 0.25) is 0 Å². The van der Waals surface area contributed by atoms with E-state index in [-0.39, 0.29) is 36.3 Å². The number of hydrogen-bond acceptors (Lipinski definition) is 4. The monoisotopic (exact) mass is 489 g/mol. The van der Waals surface area contributed by atoms with Crippen LogP contribution in [-0.2, 0) is 15.1 Å². The maximum atomic E-state index is 14.0. The number of fused-ring (bicyclic) bond motifs is 5. The molecular weight excluding hydrogens is 454 g/mol. The topological polar surface area (TPSA) is 74.9 Å². The third-order valence-corrected chi connectivity index (χ3v) is 7.36. The number of hydrogen-bond donors (Lipinski definition) is 1. The molecule has 190 valence electrons. The molecule has 5 rings (SSSR count). The minimum Gasteiger partial charge on any atom is -0.493 e. The summed E-state index contributed by atoms with van der Waals surface area (Å²) in [6.45, 7) is 11.1. The van der Waals surface area contributed by atoms with E-state index < -0.39 is 5.54 Å². The van der Waals surface area contributed by atoms with Crippen molar-refractivity contribution < 1.29 is 19.1 Å². The maximum Gasteiger partial charge on any atom is 0.254 e. The molecule has 0 spiro atoms. The van der Waals surface area contributed by atoms with E-state index in [4.69, 9.17) is 9.47 Å². The number of carbonyl (C=O) groups is 2. The first-order valence-electron chi connectivity index (χ1n) is 12.7. The minimum atomic E-state index is -1.08. The van der Waals surface area contributed by atoms with E-state index in [2.05, 4.69) is 24.9 Å². The summed E-state index contributed by atoms with van der Waals surface area (Å²) in [6.07, 6.45) is 0.0196. The smallest absolute Gasteiger partial charge is 0.254 e. The summed E-state index contributed by atoms with van der Waals surface area (Å²) in [5, 5.41) is 1.07. The first kappa shape index (κ1) is 24.2. The molecule has 1 fully saturated rings. The predicted molar refractivity (Wildman–Crippen MR) is 139 cm³/mol. The number of carbonyl (C=O) groups excluding carboxylic acids is 2. The van der Waals surface area contributed by atoms with Gasteiger partial charge in [0.1, 0.15) is 0 Å². The zero-order chi connectivity index (χ0) is 25.8. The number of para-hydroxylation sites is 1. The van der Waals surface area contributed by atoms with Gasteiger partial charge in [-0.3, -0.25) is 9.59 Å². The Hall–Kier alpha value is -3.48. The Morgan fingerprint density at radius 2 is 1.83 bits per heavy atom. The lowest BCUT2D eigenvalue weighted by Gasteiger charge is -2.51. The van der Waals surface area contributed by atoms with Gasteiger partial charge in [-0.15, -0.1) is 0 Å². The number of H-pyrrole nitrogens is 1. The Morgan fingerprint density at radius 3 is 2.53 bits per heavy atom. The lowest BCUT2D eigenvalue weighted by atomic mass is 9.76. The summed E-state index contributed by atoms with van der Waals surface area (Å²) < 4.78 is 11.6. The second kappa shape index (κ2) is 8.87. The molecule has 0 saturated carbocycles. The fourth-order valence-corrected chi connectivity index (χ4v) is 5.82. The van der Waals surface area contributed by atoms with Crippen molar-refractivity contribution in [3.8, 4) is 11.5 Å². The van der Waals surface area contributed by atoms with Crippen LogP contribution < -0.4 is 9.47 Å². The molecule has 2 atom stereocenters. The fourth-order valence-electron chi connectivity index (χ4n) is 5.82. The highest BCUT2D eigenvalue weighted by atomic mass is 16.5. The number of nitrogens with one attached hydrogen (secondary N) is 1. The number of ether oxygens (including phenoxy) is 2. The van der Waals surface area contributed by atoms with Crippen LogP contribution in [0, 0.1) is 5.92 Å². The first-order chi connectivity index (χ1) is 17.1. The second-order valence-electron chi connectivity index (χ2n) is 10.7. The summed E-state index contributed by atoms with van der Waals surface area (Å²) >= 11 is 0. The van der Waals surface area contributed by atoms with E-state index in [9.17, 15) is 9.59 Å². The van der Waals surface area contributed by atoms with E-state index in [0.717, 1.165) is 27.7 Å². The number of aromatic nitrogens is 1. The first-order valence-corrected chi connectivity index (χ1v) is 12.7. The molecule has 7 heteroatoms. The zero-order valence-electron chi connectivity index (χ0n) is 21.9. The molecule has 2 aliphatic rings. The van der Waals surface area contributed by atoms with Gasteiger partial charge in [-0.25, -0.2) is 0 Å². The Kier molecular flexibility index (Phi) is 5.97. The van der Waals surface area contributed by atoms with Crippen LogP contribution in [-0.4, -0.2) is 59.4 Å². The van der Waals surface area contributed by atoms with E-state index in [0.29, 0.717) is 24.6 Å². The number of amides is 2. The van der Waals surface area contributed by atoms with Crippen LogP contribution in [0.5, 0.6) is 11.5 Å². The summed E-state index contributed by atoms with van der Waals surface area (Å²) in [5.41, 5.74) is 2.76. The second-order valence-corrected chi connectivity index (χ2v) is 10.7. The number of aromatic amines is 1. The van der Waals surface area contributed by atoms with Gasteiger partial charge in [0.2, 0.25) is 5.91 Å². The molecular formula is C29H35N3O4. The molecule has 1 saturated heterocycles. The van der Waals surface area contributed by atoms with Gasteiger partial charge < -0.3 is 24.3 Å². The van der Waals surface area contributed by atoms with Crippen molar-refractivity contribution in [3.63, 3.8) is 0 Å². The minimum absolute atomic E-state index is 0.0196. The zero-order valence-corrected chi connectivity index (χ0v) is 21.9. The van der Waals surface area contributed by atoms with Crippen molar-refractivity contribution in [2.75, 3.05) is 26.7 Å². The molecule has 2 amide bonds. The molecule has 0 radical (unpaired) electrons. The lowest BCUT2D eigenvalue weighted by molar-refractivity contribution is -0.166. The molecule has 3 heterocycles. The maximum absolute atomic E-state index is 14.0. The molecule has 2 aliphatic heterocycles. The largest absolute Gasteiger partial charge is 0.493 e. The Labute approximate surface area is 212 Å². The van der Waals surface area contributed by atoms with Crippen LogP contribution in [0.1, 0.15) is 57.4 Å². The highest BCUT2D eigenvalue weighted by Crippen LogP contribution is 2.49. The third kappa shape index (κ3) is 3.72. The summed E-state index contributed by atoms with van der Waals surface area (Å²) in [4.78, 5) is 34.6. The molecule has 1 unspecified atom stereocenters. The molecule has 3 aromatic rings. The standard InChI is InChI=1S/C29H35N3O4/c1-17(2)14-31-16-25(33)32-15-21(19-11-12-23(36-18(3)4)24(13-19)35-6)26-20-9-7-8-10-22(20)30-27(26)29(32,5)28(31)34/h7-13,17-18,21,30H,14-16H2,1-6H3/t21?,29-/m0/s1. The number of benzene rings is 2. The van der Waals surface area contributed by atoms with Gasteiger partial charge in [-0.2, -0.15) is 0 Å². The normalized spacial score (nSPS) is 21.8. The van der Waals surface area contributed by atoms with Crippen LogP contribution >= 0.6 is 0 Å². The highest BCUT2D eigenvalue weighted by molar-refractivity contribution is 6.01. The molecule has 0 aliphatic carbocycles. The molecule has 7 nitrogen and oxygen atoms in total. The summed E-state index contributed by atoms with van der Waals surface area (Å²) in [5.74, 6) is 1.43. The van der Waals surface area contributed by atoms with Gasteiger partial charge >= 0.3 is 0 Å². The fraction of sp³-hybridized carbons (Fsp3) is 0.448. The van der Waals surface area contributed by atoms with Crippen LogP contribution in [0.4, 0.5) is 0 Å². The predicted octanol–water partition coefficient (Wildman–Crippen LogP) is 4.65. The number of nitrogens with zero attached hydrogens (tertiary/aromatic N) is 2. The van der Waals surface area contributed by atoms with Crippen LogP contribution in [0.25, 0.3) is 10.9 Å². The Morgan fingerprint density at radius 1 is 1.08 bits per heavy atom. The van der Waals surface area contributed by atoms with Crippen molar-refractivity contribution in [1.29, 1.82) is 0 Å². The van der Waals surface area contributed by atoms with Crippen molar-refractivity contribution in [2.24, 2.45) is 5.92 Å². The third-order valence-electron chi connectivity index (χ3n) is 7.36. The van der Waals surface area contributed by atoms with Crippen molar-refractivity contribution >= 4 is 22.7 Å². The van der Waals surface area contributed by atoms with Gasteiger partial charge in [-0.1, -0.05) is 38.1 Å². The van der Waals surface area contributed by atoms with Crippen molar-refractivity contribution in [1.82, 2.24) is 14.8 Å². The molecule has 2 aromatic carbocycles. The number of rotatable bonds is 6. The quantitative estimate of drug-likeness (QED) is 0.547.